The van der Waals surface area contributed by atoms with Gasteiger partial charge in [0.15, 0.2) is 0 Å². The summed E-state index contributed by atoms with van der Waals surface area (Å²) in [5.74, 6) is 0.957. The van der Waals surface area contributed by atoms with Gasteiger partial charge in [0.2, 0.25) is 0 Å². The molecule has 2 saturated carbocycles. The molecule has 88 valence electrons. The van der Waals surface area contributed by atoms with Crippen LogP contribution in [0.5, 0.6) is 0 Å². The third-order valence-electron chi connectivity index (χ3n) is 5.21. The van der Waals surface area contributed by atoms with E-state index in [1.54, 1.807) is 0 Å². The standard InChI is InChI=1S/C14H27N/c1-13(2)7-9-14(10-8-13)6-3-4-12(14)5-11-15/h12H,3-11,15H2,1-2H3. The van der Waals surface area contributed by atoms with E-state index in [-0.39, 0.29) is 0 Å². The fraction of sp³-hybridized carbons (Fsp3) is 1.00. The van der Waals surface area contributed by atoms with Gasteiger partial charge in [0, 0.05) is 0 Å². The minimum atomic E-state index is 0.612. The monoisotopic (exact) mass is 209 g/mol. The lowest BCUT2D eigenvalue weighted by atomic mass is 9.60. The molecule has 0 aromatic rings. The first-order valence-corrected chi connectivity index (χ1v) is 6.78. The second kappa shape index (κ2) is 4.08. The second-order valence-electron chi connectivity index (χ2n) is 6.69. The number of hydrogen-bond donors (Lipinski definition) is 1. The van der Waals surface area contributed by atoms with Crippen molar-refractivity contribution in [2.75, 3.05) is 6.54 Å². The van der Waals surface area contributed by atoms with Crippen LogP contribution in [0, 0.1) is 16.7 Å². The van der Waals surface area contributed by atoms with Gasteiger partial charge in [0.05, 0.1) is 0 Å². The van der Waals surface area contributed by atoms with Crippen molar-refractivity contribution in [1.82, 2.24) is 0 Å². The van der Waals surface area contributed by atoms with Crippen LogP contribution in [0.2, 0.25) is 0 Å². The van der Waals surface area contributed by atoms with Crippen molar-refractivity contribution in [2.24, 2.45) is 22.5 Å². The molecule has 1 nitrogen and oxygen atoms in total. The third kappa shape index (κ3) is 2.22. The van der Waals surface area contributed by atoms with Crippen LogP contribution < -0.4 is 5.73 Å². The van der Waals surface area contributed by atoms with E-state index >= 15 is 0 Å². The SMILES string of the molecule is CC1(C)CCC2(CCCC2CCN)CC1. The molecule has 2 aliphatic rings. The van der Waals surface area contributed by atoms with Crippen LogP contribution in [0.4, 0.5) is 0 Å². The van der Waals surface area contributed by atoms with E-state index in [1.807, 2.05) is 0 Å². The van der Waals surface area contributed by atoms with Gasteiger partial charge >= 0.3 is 0 Å². The molecule has 0 aromatic heterocycles. The predicted octanol–water partition coefficient (Wildman–Crippen LogP) is 3.72. The Morgan fingerprint density at radius 1 is 1.07 bits per heavy atom. The molecule has 1 heteroatoms. The first-order valence-electron chi connectivity index (χ1n) is 6.78. The maximum atomic E-state index is 5.75. The van der Waals surface area contributed by atoms with E-state index in [0.717, 1.165) is 17.9 Å². The molecule has 1 atom stereocenters. The summed E-state index contributed by atoms with van der Waals surface area (Å²) < 4.78 is 0. The lowest BCUT2D eigenvalue weighted by Crippen LogP contribution is -2.34. The summed E-state index contributed by atoms with van der Waals surface area (Å²) in [7, 11) is 0. The van der Waals surface area contributed by atoms with Crippen molar-refractivity contribution < 1.29 is 0 Å². The second-order valence-corrected chi connectivity index (χ2v) is 6.69. The highest BCUT2D eigenvalue weighted by Gasteiger charge is 2.45. The van der Waals surface area contributed by atoms with E-state index in [1.165, 1.54) is 51.4 Å². The maximum Gasteiger partial charge on any atom is -0.00744 e. The minimum Gasteiger partial charge on any atom is -0.330 e. The highest BCUT2D eigenvalue weighted by atomic mass is 14.6. The van der Waals surface area contributed by atoms with Crippen LogP contribution in [0.3, 0.4) is 0 Å². The Morgan fingerprint density at radius 3 is 2.33 bits per heavy atom. The molecule has 0 heterocycles. The van der Waals surface area contributed by atoms with Crippen LogP contribution in [0.1, 0.15) is 65.2 Å². The van der Waals surface area contributed by atoms with Crippen molar-refractivity contribution >= 4 is 0 Å². The van der Waals surface area contributed by atoms with E-state index in [9.17, 15) is 0 Å². The van der Waals surface area contributed by atoms with Crippen molar-refractivity contribution in [3.05, 3.63) is 0 Å². The van der Waals surface area contributed by atoms with Crippen LogP contribution >= 0.6 is 0 Å². The molecule has 1 unspecified atom stereocenters. The zero-order chi connectivity index (χ0) is 10.9. The summed E-state index contributed by atoms with van der Waals surface area (Å²) in [5.41, 5.74) is 7.08. The zero-order valence-electron chi connectivity index (χ0n) is 10.5. The molecule has 1 spiro atoms. The van der Waals surface area contributed by atoms with Crippen molar-refractivity contribution in [1.29, 1.82) is 0 Å². The minimum absolute atomic E-state index is 0.612. The van der Waals surface area contributed by atoms with Gasteiger partial charge in [-0.3, -0.25) is 0 Å². The quantitative estimate of drug-likeness (QED) is 0.737. The Hall–Kier alpha value is -0.0400. The van der Waals surface area contributed by atoms with Gasteiger partial charge in [-0.1, -0.05) is 20.3 Å². The molecule has 0 amide bonds. The first-order chi connectivity index (χ1) is 7.08. The fourth-order valence-corrected chi connectivity index (χ4v) is 3.95. The first kappa shape index (κ1) is 11.4. The maximum absolute atomic E-state index is 5.75. The molecule has 2 fully saturated rings. The normalized spacial score (nSPS) is 33.4. The lowest BCUT2D eigenvalue weighted by molar-refractivity contribution is 0.0618. The summed E-state index contributed by atoms with van der Waals surface area (Å²) in [6, 6.07) is 0. The van der Waals surface area contributed by atoms with Crippen LogP contribution in [0.15, 0.2) is 0 Å². The van der Waals surface area contributed by atoms with Gasteiger partial charge in [0.1, 0.15) is 0 Å². The summed E-state index contributed by atoms with van der Waals surface area (Å²) in [6.07, 6.45) is 11.5. The molecule has 2 aliphatic carbocycles. The molecule has 0 radical (unpaired) electrons. The number of nitrogens with two attached hydrogens (primary N) is 1. The van der Waals surface area contributed by atoms with Gasteiger partial charge in [-0.25, -0.2) is 0 Å². The third-order valence-corrected chi connectivity index (χ3v) is 5.21. The molecule has 2 rings (SSSR count). The average Bonchev–Trinajstić information content (AvgIpc) is 2.56. The predicted molar refractivity (Wildman–Crippen MR) is 65.7 cm³/mol. The van der Waals surface area contributed by atoms with Crippen LogP contribution in [-0.4, -0.2) is 6.54 Å². The Balaban J connectivity index is 2.01. The van der Waals surface area contributed by atoms with Gasteiger partial charge in [-0.2, -0.15) is 0 Å². The molecule has 0 aromatic carbocycles. The van der Waals surface area contributed by atoms with Gasteiger partial charge in [-0.15, -0.1) is 0 Å². The van der Waals surface area contributed by atoms with Crippen molar-refractivity contribution in [3.63, 3.8) is 0 Å². The molecule has 2 N–H and O–H groups in total. The Morgan fingerprint density at radius 2 is 1.73 bits per heavy atom. The molecule has 0 bridgehead atoms. The van der Waals surface area contributed by atoms with E-state index in [0.29, 0.717) is 5.41 Å². The molecule has 15 heavy (non-hydrogen) atoms. The van der Waals surface area contributed by atoms with E-state index in [2.05, 4.69) is 13.8 Å². The lowest BCUT2D eigenvalue weighted by Gasteiger charge is -2.45. The smallest absolute Gasteiger partial charge is 0.00744 e. The molecular weight excluding hydrogens is 182 g/mol. The average molecular weight is 209 g/mol. The highest BCUT2D eigenvalue weighted by Crippen LogP contribution is 2.57. The largest absolute Gasteiger partial charge is 0.330 e. The Kier molecular flexibility index (Phi) is 3.12. The van der Waals surface area contributed by atoms with Crippen molar-refractivity contribution in [3.8, 4) is 0 Å². The Labute approximate surface area is 94.8 Å². The number of rotatable bonds is 2. The van der Waals surface area contributed by atoms with E-state index in [4.69, 9.17) is 5.73 Å². The Bertz CT molecular complexity index is 209. The topological polar surface area (TPSA) is 26.0 Å². The fourth-order valence-electron chi connectivity index (χ4n) is 3.95. The summed E-state index contributed by atoms with van der Waals surface area (Å²) in [5, 5.41) is 0. The molecular formula is C14H27N. The number of hydrogen-bond acceptors (Lipinski definition) is 1. The van der Waals surface area contributed by atoms with Gasteiger partial charge in [0.25, 0.3) is 0 Å². The van der Waals surface area contributed by atoms with Gasteiger partial charge < -0.3 is 5.73 Å². The van der Waals surface area contributed by atoms with Crippen LogP contribution in [0.25, 0.3) is 0 Å². The summed E-state index contributed by atoms with van der Waals surface area (Å²) in [6.45, 7) is 5.77. The summed E-state index contributed by atoms with van der Waals surface area (Å²) >= 11 is 0. The van der Waals surface area contributed by atoms with E-state index < -0.39 is 0 Å². The van der Waals surface area contributed by atoms with Crippen LogP contribution in [-0.2, 0) is 0 Å². The highest BCUT2D eigenvalue weighted by molar-refractivity contribution is 4.96. The molecule has 0 saturated heterocycles. The zero-order valence-corrected chi connectivity index (χ0v) is 10.5. The van der Waals surface area contributed by atoms with Crippen molar-refractivity contribution in [2.45, 2.75) is 65.2 Å². The van der Waals surface area contributed by atoms with Gasteiger partial charge in [-0.05, 0) is 68.2 Å². The molecule has 0 aliphatic heterocycles. The summed E-state index contributed by atoms with van der Waals surface area (Å²) in [4.78, 5) is 0.